The minimum atomic E-state index is -0.443. The molecule has 0 aromatic rings. The van der Waals surface area contributed by atoms with E-state index in [-0.39, 0.29) is 30.9 Å². The van der Waals surface area contributed by atoms with Gasteiger partial charge in [0.1, 0.15) is 5.76 Å². The van der Waals surface area contributed by atoms with Crippen LogP contribution in [0.2, 0.25) is 0 Å². The fraction of sp³-hybridized carbons (Fsp3) is 0.562. The molecule has 0 bridgehead atoms. The van der Waals surface area contributed by atoms with Gasteiger partial charge in [-0.1, -0.05) is 6.58 Å². The second-order valence-electron chi connectivity index (χ2n) is 6.15. The van der Waals surface area contributed by atoms with Gasteiger partial charge in [0.15, 0.2) is 6.61 Å². The van der Waals surface area contributed by atoms with Gasteiger partial charge in [-0.05, 0) is 25.3 Å². The van der Waals surface area contributed by atoms with Crippen LogP contribution in [0.3, 0.4) is 0 Å². The number of likely N-dealkylation sites (tertiary alicyclic amines) is 2. The van der Waals surface area contributed by atoms with E-state index in [2.05, 4.69) is 6.58 Å². The smallest absolute Gasteiger partial charge is 0.410 e. The Hall–Kier alpha value is -2.31. The van der Waals surface area contributed by atoms with E-state index < -0.39 is 6.09 Å². The van der Waals surface area contributed by atoms with Crippen molar-refractivity contribution in [1.82, 2.24) is 9.80 Å². The number of carbonyl (C=O) groups excluding carboxylic acids is 3. The first-order valence-corrected chi connectivity index (χ1v) is 7.75. The molecule has 3 aliphatic heterocycles. The fourth-order valence-electron chi connectivity index (χ4n) is 3.12. The van der Waals surface area contributed by atoms with Crippen LogP contribution in [0.25, 0.3) is 0 Å². The van der Waals surface area contributed by atoms with Crippen molar-refractivity contribution >= 4 is 18.0 Å². The summed E-state index contributed by atoms with van der Waals surface area (Å²) in [6.45, 7) is 7.20. The fourth-order valence-corrected chi connectivity index (χ4v) is 3.12. The molecule has 7 nitrogen and oxygen atoms in total. The topological polar surface area (TPSA) is 76.2 Å². The lowest BCUT2D eigenvalue weighted by Gasteiger charge is -2.23. The van der Waals surface area contributed by atoms with Crippen LogP contribution < -0.4 is 0 Å². The molecule has 3 rings (SSSR count). The molecule has 124 valence electrons. The van der Waals surface area contributed by atoms with E-state index in [1.165, 1.54) is 0 Å². The van der Waals surface area contributed by atoms with Crippen molar-refractivity contribution in [2.45, 2.75) is 32.2 Å². The van der Waals surface area contributed by atoms with Gasteiger partial charge in [-0.2, -0.15) is 0 Å². The van der Waals surface area contributed by atoms with E-state index in [1.54, 1.807) is 16.7 Å². The number of carbonyl (C=O) groups is 3. The van der Waals surface area contributed by atoms with Crippen LogP contribution in [0, 0.1) is 0 Å². The Kier molecular flexibility index (Phi) is 4.11. The molecule has 1 atom stereocenters. The Balaban J connectivity index is 1.50. The number of amides is 2. The molecule has 23 heavy (non-hydrogen) atoms. The maximum atomic E-state index is 12.1. The first-order valence-electron chi connectivity index (χ1n) is 7.75. The lowest BCUT2D eigenvalue weighted by Crippen LogP contribution is -2.39. The van der Waals surface area contributed by atoms with E-state index >= 15 is 0 Å². The third kappa shape index (κ3) is 3.09. The maximum absolute atomic E-state index is 12.1. The highest BCUT2D eigenvalue weighted by Crippen LogP contribution is 2.25. The second kappa shape index (κ2) is 6.06. The van der Waals surface area contributed by atoms with Gasteiger partial charge in [0.2, 0.25) is 5.91 Å². The molecule has 2 fully saturated rings. The van der Waals surface area contributed by atoms with E-state index in [9.17, 15) is 14.4 Å². The normalized spacial score (nSPS) is 24.7. The van der Waals surface area contributed by atoms with Gasteiger partial charge in [0.25, 0.3) is 0 Å². The summed E-state index contributed by atoms with van der Waals surface area (Å²) in [7, 11) is 0. The molecular weight excluding hydrogens is 300 g/mol. The monoisotopic (exact) mass is 320 g/mol. The molecule has 0 spiro atoms. The van der Waals surface area contributed by atoms with Crippen LogP contribution in [0.4, 0.5) is 4.79 Å². The summed E-state index contributed by atoms with van der Waals surface area (Å²) < 4.78 is 10.2. The van der Waals surface area contributed by atoms with Gasteiger partial charge in [-0.15, -0.1) is 0 Å². The quantitative estimate of drug-likeness (QED) is 0.577. The third-order valence-corrected chi connectivity index (χ3v) is 4.53. The molecule has 0 N–H and O–H groups in total. The SMILES string of the molecule is C=C1CCN([C@@H]2CCN(C(=O)OCC3=C(C)CC(=O)O3)C2)C1=O. The predicted octanol–water partition coefficient (Wildman–Crippen LogP) is 1.21. The number of hydrogen-bond acceptors (Lipinski definition) is 5. The Morgan fingerprint density at radius 3 is 2.78 bits per heavy atom. The first-order chi connectivity index (χ1) is 11.0. The van der Waals surface area contributed by atoms with Gasteiger partial charge in [-0.25, -0.2) is 4.79 Å². The van der Waals surface area contributed by atoms with Crippen LogP contribution >= 0.6 is 0 Å². The third-order valence-electron chi connectivity index (χ3n) is 4.53. The number of ether oxygens (including phenoxy) is 2. The van der Waals surface area contributed by atoms with Crippen LogP contribution in [-0.2, 0) is 19.1 Å². The van der Waals surface area contributed by atoms with E-state index in [0.717, 1.165) is 12.0 Å². The van der Waals surface area contributed by atoms with Crippen molar-refractivity contribution in [2.75, 3.05) is 26.2 Å². The van der Waals surface area contributed by atoms with Crippen LogP contribution in [0.1, 0.15) is 26.2 Å². The maximum Gasteiger partial charge on any atom is 0.410 e. The zero-order valence-corrected chi connectivity index (χ0v) is 13.2. The minimum Gasteiger partial charge on any atom is -0.441 e. The first kappa shape index (κ1) is 15.6. The Morgan fingerprint density at radius 2 is 2.17 bits per heavy atom. The van der Waals surface area contributed by atoms with E-state index in [1.807, 2.05) is 0 Å². The minimum absolute atomic E-state index is 0.0103. The number of cyclic esters (lactones) is 1. The molecular formula is C16H20N2O5. The lowest BCUT2D eigenvalue weighted by atomic mass is 10.2. The van der Waals surface area contributed by atoms with Crippen LogP contribution in [0.15, 0.2) is 23.5 Å². The van der Waals surface area contributed by atoms with Gasteiger partial charge < -0.3 is 19.3 Å². The summed E-state index contributed by atoms with van der Waals surface area (Å²) >= 11 is 0. The van der Waals surface area contributed by atoms with Crippen molar-refractivity contribution in [3.8, 4) is 0 Å². The zero-order chi connectivity index (χ0) is 16.6. The summed E-state index contributed by atoms with van der Waals surface area (Å²) in [5.41, 5.74) is 1.43. The summed E-state index contributed by atoms with van der Waals surface area (Å²) in [5, 5.41) is 0. The second-order valence-corrected chi connectivity index (χ2v) is 6.15. The van der Waals surface area contributed by atoms with E-state index in [0.29, 0.717) is 37.4 Å². The van der Waals surface area contributed by atoms with Gasteiger partial charge in [0, 0.05) is 25.2 Å². The highest BCUT2D eigenvalue weighted by Gasteiger charge is 2.37. The summed E-state index contributed by atoms with van der Waals surface area (Å²) in [6, 6.07) is 0.0274. The molecule has 3 aliphatic rings. The van der Waals surface area contributed by atoms with Gasteiger partial charge in [0.05, 0.1) is 12.5 Å². The highest BCUT2D eigenvalue weighted by molar-refractivity contribution is 5.95. The largest absolute Gasteiger partial charge is 0.441 e. The molecule has 0 aromatic heterocycles. The molecule has 2 saturated heterocycles. The Bertz CT molecular complexity index is 610. The molecule has 0 unspecified atom stereocenters. The molecule has 2 amide bonds. The molecule has 0 saturated carbocycles. The van der Waals surface area contributed by atoms with E-state index in [4.69, 9.17) is 9.47 Å². The lowest BCUT2D eigenvalue weighted by molar-refractivity contribution is -0.137. The number of nitrogens with zero attached hydrogens (tertiary/aromatic N) is 2. The number of esters is 1. The van der Waals surface area contributed by atoms with Crippen molar-refractivity contribution < 1.29 is 23.9 Å². The van der Waals surface area contributed by atoms with Crippen LogP contribution in [0.5, 0.6) is 0 Å². The summed E-state index contributed by atoms with van der Waals surface area (Å²) in [6.07, 6.45) is 1.24. The van der Waals surface area contributed by atoms with Crippen molar-refractivity contribution in [3.05, 3.63) is 23.5 Å². The Morgan fingerprint density at radius 1 is 1.39 bits per heavy atom. The zero-order valence-electron chi connectivity index (χ0n) is 13.2. The predicted molar refractivity (Wildman–Crippen MR) is 80.2 cm³/mol. The molecule has 0 radical (unpaired) electrons. The van der Waals surface area contributed by atoms with Crippen molar-refractivity contribution in [3.63, 3.8) is 0 Å². The summed E-state index contributed by atoms with van der Waals surface area (Å²) in [5.74, 6) is 0.0940. The van der Waals surface area contributed by atoms with Crippen molar-refractivity contribution in [1.29, 1.82) is 0 Å². The van der Waals surface area contributed by atoms with Crippen LogP contribution in [-0.4, -0.2) is 60.1 Å². The molecule has 7 heteroatoms. The standard InChI is InChI=1S/C16H20N2O5/c1-10-3-6-18(15(10)20)12-4-5-17(8-12)16(21)22-9-13-11(2)7-14(19)23-13/h12H,1,3-9H2,2H3/t12-/m1/s1. The van der Waals surface area contributed by atoms with Crippen molar-refractivity contribution in [2.24, 2.45) is 0 Å². The number of rotatable bonds is 3. The molecule has 0 aliphatic carbocycles. The summed E-state index contributed by atoms with van der Waals surface area (Å²) in [4.78, 5) is 38.6. The molecule has 3 heterocycles. The molecule has 0 aromatic carbocycles. The van der Waals surface area contributed by atoms with Gasteiger partial charge in [-0.3, -0.25) is 9.59 Å². The average molecular weight is 320 g/mol. The average Bonchev–Trinajstić information content (AvgIpc) is 3.18. The Labute approximate surface area is 134 Å². The van der Waals surface area contributed by atoms with Gasteiger partial charge >= 0.3 is 12.1 Å². The number of hydrogen-bond donors (Lipinski definition) is 0. The highest BCUT2D eigenvalue weighted by atomic mass is 16.6.